The first-order valence-electron chi connectivity index (χ1n) is 11.0. The zero-order valence-corrected chi connectivity index (χ0v) is 20.8. The molecule has 1 aromatic carbocycles. The minimum absolute atomic E-state index is 0.511. The SMILES string of the molecule is CCCCCCCCCCN(CCCCBr)S(=O)(=O)c1c(C)cc(C)cc1C. The van der Waals surface area contributed by atoms with E-state index in [9.17, 15) is 8.42 Å². The number of nitrogens with zero attached hydrogens (tertiary/aromatic N) is 1. The molecule has 3 nitrogen and oxygen atoms in total. The summed E-state index contributed by atoms with van der Waals surface area (Å²) >= 11 is 3.46. The Kier molecular flexibility index (Phi) is 12.6. The molecule has 0 unspecified atom stereocenters. The molecule has 0 N–H and O–H groups in total. The van der Waals surface area contributed by atoms with Crippen molar-refractivity contribution in [3.8, 4) is 0 Å². The van der Waals surface area contributed by atoms with Crippen molar-refractivity contribution in [1.29, 1.82) is 0 Å². The molecule has 0 atom stereocenters. The smallest absolute Gasteiger partial charge is 0.207 e. The fourth-order valence-electron chi connectivity index (χ4n) is 3.86. The van der Waals surface area contributed by atoms with Gasteiger partial charge in [-0.15, -0.1) is 0 Å². The van der Waals surface area contributed by atoms with Crippen LogP contribution >= 0.6 is 15.9 Å². The predicted molar refractivity (Wildman–Crippen MR) is 125 cm³/mol. The number of halogens is 1. The maximum atomic E-state index is 13.4. The van der Waals surface area contributed by atoms with E-state index in [1.165, 1.54) is 38.5 Å². The second-order valence-corrected chi connectivity index (χ2v) is 10.7. The highest BCUT2D eigenvalue weighted by Crippen LogP contribution is 2.26. The van der Waals surface area contributed by atoms with Gasteiger partial charge in [-0.1, -0.05) is 85.5 Å². The number of aryl methyl sites for hydroxylation is 3. The predicted octanol–water partition coefficient (Wildman–Crippen LogP) is 6.92. The third kappa shape index (κ3) is 8.54. The molecule has 0 saturated heterocycles. The van der Waals surface area contributed by atoms with Crippen LogP contribution < -0.4 is 0 Å². The Labute approximate surface area is 182 Å². The summed E-state index contributed by atoms with van der Waals surface area (Å²) in [5.41, 5.74) is 2.83. The fraction of sp³-hybridized carbons (Fsp3) is 0.739. The molecule has 0 fully saturated rings. The van der Waals surface area contributed by atoms with Gasteiger partial charge in [-0.05, 0) is 51.2 Å². The van der Waals surface area contributed by atoms with E-state index in [2.05, 4.69) is 22.9 Å². The third-order valence-corrected chi connectivity index (χ3v) is 8.02. The molecule has 0 bridgehead atoms. The second-order valence-electron chi connectivity index (χ2n) is 8.00. The molecular formula is C23H40BrNO2S. The van der Waals surface area contributed by atoms with Gasteiger partial charge >= 0.3 is 0 Å². The van der Waals surface area contributed by atoms with Crippen LogP contribution in [0, 0.1) is 20.8 Å². The van der Waals surface area contributed by atoms with Crippen LogP contribution in [-0.2, 0) is 10.0 Å². The van der Waals surface area contributed by atoms with Crippen molar-refractivity contribution in [3.63, 3.8) is 0 Å². The van der Waals surface area contributed by atoms with E-state index >= 15 is 0 Å². The molecule has 0 aliphatic carbocycles. The van der Waals surface area contributed by atoms with Crippen molar-refractivity contribution in [3.05, 3.63) is 28.8 Å². The average molecular weight is 475 g/mol. The molecule has 162 valence electrons. The van der Waals surface area contributed by atoms with Crippen molar-refractivity contribution >= 4 is 26.0 Å². The monoisotopic (exact) mass is 473 g/mol. The lowest BCUT2D eigenvalue weighted by atomic mass is 10.1. The quantitative estimate of drug-likeness (QED) is 0.204. The molecule has 1 rings (SSSR count). The second kappa shape index (κ2) is 13.8. The van der Waals surface area contributed by atoms with Gasteiger partial charge in [0, 0.05) is 18.4 Å². The number of alkyl halides is 1. The third-order valence-electron chi connectivity index (χ3n) is 5.25. The molecule has 0 spiro atoms. The van der Waals surface area contributed by atoms with Crippen molar-refractivity contribution in [2.45, 2.75) is 96.8 Å². The number of rotatable bonds is 15. The number of benzene rings is 1. The van der Waals surface area contributed by atoms with E-state index in [0.29, 0.717) is 18.0 Å². The van der Waals surface area contributed by atoms with Gasteiger partial charge in [0.2, 0.25) is 10.0 Å². The zero-order chi connectivity index (χ0) is 21.0. The first-order chi connectivity index (χ1) is 13.3. The van der Waals surface area contributed by atoms with Crippen LogP contribution in [0.1, 0.15) is 87.8 Å². The largest absolute Gasteiger partial charge is 0.243 e. The highest BCUT2D eigenvalue weighted by Gasteiger charge is 2.27. The Hall–Kier alpha value is -0.390. The molecule has 0 amide bonds. The highest BCUT2D eigenvalue weighted by molar-refractivity contribution is 9.09. The van der Waals surface area contributed by atoms with Crippen LogP contribution in [0.5, 0.6) is 0 Å². The molecule has 1 aromatic rings. The molecule has 0 aromatic heterocycles. The lowest BCUT2D eigenvalue weighted by Gasteiger charge is -2.24. The standard InChI is InChI=1S/C23H40BrNO2S/c1-5-6-7-8-9-10-11-13-16-25(17-14-12-15-24)28(26,27)23-21(3)18-20(2)19-22(23)4/h18-19H,5-17H2,1-4H3. The molecule has 5 heteroatoms. The Bertz CT molecular complexity index is 650. The summed E-state index contributed by atoms with van der Waals surface area (Å²) in [5, 5.41) is 0.918. The molecule has 0 aliphatic rings. The average Bonchev–Trinajstić information content (AvgIpc) is 2.61. The topological polar surface area (TPSA) is 37.4 Å². The van der Waals surface area contributed by atoms with Crippen molar-refractivity contribution < 1.29 is 8.42 Å². The molecule has 0 saturated carbocycles. The van der Waals surface area contributed by atoms with E-state index in [4.69, 9.17) is 0 Å². The maximum absolute atomic E-state index is 13.4. The van der Waals surface area contributed by atoms with Crippen LogP contribution in [-0.4, -0.2) is 31.1 Å². The lowest BCUT2D eigenvalue weighted by Crippen LogP contribution is -2.34. The van der Waals surface area contributed by atoms with Gasteiger partial charge in [0.05, 0.1) is 4.90 Å². The summed E-state index contributed by atoms with van der Waals surface area (Å²) in [6, 6.07) is 3.96. The van der Waals surface area contributed by atoms with Crippen LogP contribution in [0.25, 0.3) is 0 Å². The van der Waals surface area contributed by atoms with E-state index < -0.39 is 10.0 Å². The Balaban J connectivity index is 2.75. The Morgan fingerprint density at radius 3 is 1.75 bits per heavy atom. The van der Waals surface area contributed by atoms with E-state index in [1.807, 2.05) is 32.9 Å². The maximum Gasteiger partial charge on any atom is 0.243 e. The molecule has 28 heavy (non-hydrogen) atoms. The Morgan fingerprint density at radius 1 is 0.786 bits per heavy atom. The molecular weight excluding hydrogens is 434 g/mol. The van der Waals surface area contributed by atoms with Crippen molar-refractivity contribution in [2.24, 2.45) is 0 Å². The first kappa shape index (κ1) is 25.6. The normalized spacial score (nSPS) is 12.1. The molecule has 0 aliphatic heterocycles. The van der Waals surface area contributed by atoms with E-state index in [-0.39, 0.29) is 0 Å². The summed E-state index contributed by atoms with van der Waals surface area (Å²) in [6.45, 7) is 9.33. The van der Waals surface area contributed by atoms with Gasteiger partial charge < -0.3 is 0 Å². The number of sulfonamides is 1. The minimum Gasteiger partial charge on any atom is -0.207 e. The summed E-state index contributed by atoms with van der Waals surface area (Å²) in [4.78, 5) is 0.511. The van der Waals surface area contributed by atoms with E-state index in [0.717, 1.165) is 47.7 Å². The summed E-state index contributed by atoms with van der Waals surface area (Å²) in [5.74, 6) is 0. The molecule has 0 heterocycles. The summed E-state index contributed by atoms with van der Waals surface area (Å²) in [6.07, 6.45) is 11.7. The number of unbranched alkanes of at least 4 members (excludes halogenated alkanes) is 8. The number of hydrogen-bond donors (Lipinski definition) is 0. The van der Waals surface area contributed by atoms with Crippen molar-refractivity contribution in [2.75, 3.05) is 18.4 Å². The van der Waals surface area contributed by atoms with Gasteiger partial charge in [0.1, 0.15) is 0 Å². The van der Waals surface area contributed by atoms with Gasteiger partial charge in [0.25, 0.3) is 0 Å². The minimum atomic E-state index is -3.45. The fourth-order valence-corrected chi connectivity index (χ4v) is 6.18. The van der Waals surface area contributed by atoms with Gasteiger partial charge in [0.15, 0.2) is 0 Å². The van der Waals surface area contributed by atoms with Crippen LogP contribution in [0.2, 0.25) is 0 Å². The number of hydrogen-bond acceptors (Lipinski definition) is 2. The van der Waals surface area contributed by atoms with E-state index in [1.54, 1.807) is 4.31 Å². The summed E-state index contributed by atoms with van der Waals surface area (Å²) in [7, 11) is -3.45. The van der Waals surface area contributed by atoms with Crippen molar-refractivity contribution in [1.82, 2.24) is 4.31 Å². The van der Waals surface area contributed by atoms with Crippen LogP contribution in [0.4, 0.5) is 0 Å². The van der Waals surface area contributed by atoms with Crippen LogP contribution in [0.15, 0.2) is 17.0 Å². The Morgan fingerprint density at radius 2 is 1.25 bits per heavy atom. The van der Waals surface area contributed by atoms with Gasteiger partial charge in [-0.25, -0.2) is 8.42 Å². The van der Waals surface area contributed by atoms with Crippen LogP contribution in [0.3, 0.4) is 0 Å². The first-order valence-corrected chi connectivity index (χ1v) is 13.5. The highest BCUT2D eigenvalue weighted by atomic mass is 79.9. The zero-order valence-electron chi connectivity index (χ0n) is 18.4. The molecule has 0 radical (unpaired) electrons. The summed E-state index contributed by atoms with van der Waals surface area (Å²) < 4.78 is 28.6. The van der Waals surface area contributed by atoms with Gasteiger partial charge in [-0.2, -0.15) is 4.31 Å². The van der Waals surface area contributed by atoms with Gasteiger partial charge in [-0.3, -0.25) is 0 Å². The lowest BCUT2D eigenvalue weighted by molar-refractivity contribution is 0.389.